The molecule has 0 spiro atoms. The highest BCUT2D eigenvalue weighted by molar-refractivity contribution is 8.22. The van der Waals surface area contributed by atoms with Crippen LogP contribution in [0.5, 0.6) is 0 Å². The van der Waals surface area contributed by atoms with E-state index in [0.29, 0.717) is 30.8 Å². The van der Waals surface area contributed by atoms with Gasteiger partial charge in [-0.25, -0.2) is 4.39 Å². The van der Waals surface area contributed by atoms with Crippen molar-refractivity contribution in [2.45, 2.75) is 43.7 Å². The molecule has 1 unspecified atom stereocenters. The van der Waals surface area contributed by atoms with E-state index in [1.54, 1.807) is 13.0 Å². The van der Waals surface area contributed by atoms with Crippen molar-refractivity contribution in [2.24, 2.45) is 0 Å². The van der Waals surface area contributed by atoms with E-state index in [2.05, 4.69) is 4.98 Å². The number of carbonyl (C=O) groups excluding carboxylic acids is 1. The molecule has 1 atom stereocenters. The number of nitrogens with one attached hydrogen (secondary N) is 1. The third-order valence-electron chi connectivity index (χ3n) is 6.66. The summed E-state index contributed by atoms with van der Waals surface area (Å²) in [6.45, 7) is 4.84. The average molecular weight is 444 g/mol. The van der Waals surface area contributed by atoms with E-state index in [9.17, 15) is 18.3 Å². The van der Waals surface area contributed by atoms with Crippen LogP contribution in [-0.4, -0.2) is 48.3 Å². The zero-order chi connectivity index (χ0) is 21.9. The number of hydrogen-bond acceptors (Lipinski definition) is 4. The summed E-state index contributed by atoms with van der Waals surface area (Å²) < 4.78 is 37.7. The second-order valence-corrected chi connectivity index (χ2v) is 10.3. The van der Waals surface area contributed by atoms with E-state index >= 15 is 0 Å². The van der Waals surface area contributed by atoms with Crippen molar-refractivity contribution in [1.29, 1.82) is 0 Å². The molecule has 1 saturated heterocycles. The average Bonchev–Trinajstić information content (AvgIpc) is 3.24. The van der Waals surface area contributed by atoms with Gasteiger partial charge >= 0.3 is 0 Å². The van der Waals surface area contributed by atoms with Gasteiger partial charge in [-0.1, -0.05) is 6.07 Å². The predicted octanol–water partition coefficient (Wildman–Crippen LogP) is 5.39. The molecule has 164 valence electrons. The fourth-order valence-electron chi connectivity index (χ4n) is 5.06. The summed E-state index contributed by atoms with van der Waals surface area (Å²) in [4.78, 5) is 17.2. The molecule has 1 aromatic heterocycles. The molecule has 1 fully saturated rings. The lowest BCUT2D eigenvalue weighted by Crippen LogP contribution is -2.46. The number of hydrogen-bond donors (Lipinski definition) is 3. The highest BCUT2D eigenvalue weighted by atomic mass is 32.3. The van der Waals surface area contributed by atoms with Crippen LogP contribution in [-0.2, 0) is 4.79 Å². The number of likely N-dealkylation sites (tertiary alicyclic amines) is 1. The van der Waals surface area contributed by atoms with Crippen molar-refractivity contribution in [3.05, 3.63) is 54.0 Å². The number of halogens is 1. The maximum atomic E-state index is 13.6. The minimum Gasteiger partial charge on any atom is -0.360 e. The van der Waals surface area contributed by atoms with Crippen molar-refractivity contribution < 1.29 is 18.3 Å². The van der Waals surface area contributed by atoms with Crippen LogP contribution < -0.4 is 0 Å². The Hall–Kier alpha value is -2.39. The zero-order valence-corrected chi connectivity index (χ0v) is 18.3. The fraction of sp³-hybridized carbons (Fsp3) is 0.348. The molecule has 2 aliphatic heterocycles. The first kappa shape index (κ1) is 20.5. The van der Waals surface area contributed by atoms with Crippen LogP contribution in [0.4, 0.5) is 4.39 Å². The fourth-order valence-corrected chi connectivity index (χ4v) is 7.26. The van der Waals surface area contributed by atoms with Crippen LogP contribution >= 0.6 is 10.8 Å². The number of aromatic nitrogens is 1. The van der Waals surface area contributed by atoms with Crippen LogP contribution in [0.2, 0.25) is 0 Å². The molecule has 6 nitrogen and oxygen atoms in total. The van der Waals surface area contributed by atoms with E-state index in [-0.39, 0.29) is 23.8 Å². The minimum absolute atomic E-state index is 0.00233. The van der Waals surface area contributed by atoms with Gasteiger partial charge in [0.15, 0.2) is 0 Å². The van der Waals surface area contributed by atoms with Gasteiger partial charge in [0.25, 0.3) is 0 Å². The Morgan fingerprint density at radius 3 is 2.61 bits per heavy atom. The van der Waals surface area contributed by atoms with Gasteiger partial charge in [-0.3, -0.25) is 13.9 Å². The first-order chi connectivity index (χ1) is 14.8. The summed E-state index contributed by atoms with van der Waals surface area (Å²) in [7, 11) is -3.09. The molecule has 3 N–H and O–H groups in total. The largest absolute Gasteiger partial charge is 0.360 e. The summed E-state index contributed by atoms with van der Waals surface area (Å²) >= 11 is 0. The smallest absolute Gasteiger partial charge is 0.219 e. The monoisotopic (exact) mass is 443 g/mol. The van der Waals surface area contributed by atoms with Crippen LogP contribution in [0.3, 0.4) is 0 Å². The number of H-pyrrole nitrogens is 1. The number of fused-ring (bicyclic) bond motifs is 2. The molecule has 0 bridgehead atoms. The Kier molecular flexibility index (Phi) is 4.86. The number of nitrogens with zero attached hydrogens (tertiary/aromatic N) is 2. The Morgan fingerprint density at radius 1 is 1.16 bits per heavy atom. The SMILES string of the molecule is CC(=O)N1CCC(N2C(C)c3cc(-c4c[nH]c5cc(F)ccc45)ccc3S2(O)O)CC1. The molecule has 31 heavy (non-hydrogen) atoms. The molecule has 0 radical (unpaired) electrons. The van der Waals surface area contributed by atoms with Gasteiger partial charge in [0.05, 0.1) is 10.9 Å². The van der Waals surface area contributed by atoms with Crippen molar-refractivity contribution >= 4 is 27.6 Å². The van der Waals surface area contributed by atoms with Gasteiger partial charge in [-0.2, -0.15) is 4.31 Å². The summed E-state index contributed by atoms with van der Waals surface area (Å²) in [6.07, 6.45) is 3.29. The zero-order valence-electron chi connectivity index (χ0n) is 17.5. The van der Waals surface area contributed by atoms with E-state index in [0.717, 1.165) is 27.6 Å². The summed E-state index contributed by atoms with van der Waals surface area (Å²) in [5.41, 5.74) is 3.54. The molecule has 3 aromatic rings. The molecule has 1 amide bonds. The molecule has 8 heteroatoms. The Balaban J connectivity index is 1.48. The Bertz CT molecular complexity index is 1170. The second-order valence-electron chi connectivity index (χ2n) is 8.44. The number of rotatable bonds is 2. The molecular weight excluding hydrogens is 417 g/mol. The maximum absolute atomic E-state index is 13.6. The van der Waals surface area contributed by atoms with Crippen LogP contribution in [0.25, 0.3) is 22.0 Å². The quantitative estimate of drug-likeness (QED) is 0.496. The van der Waals surface area contributed by atoms with Gasteiger partial charge in [-0.15, -0.1) is 10.8 Å². The Morgan fingerprint density at radius 2 is 1.90 bits per heavy atom. The number of piperidine rings is 1. The molecule has 5 rings (SSSR count). The Labute approximate surface area is 182 Å². The van der Waals surface area contributed by atoms with Gasteiger partial charge in [0.1, 0.15) is 5.82 Å². The van der Waals surface area contributed by atoms with Gasteiger partial charge < -0.3 is 9.88 Å². The highest BCUT2D eigenvalue weighted by Gasteiger charge is 2.45. The van der Waals surface area contributed by atoms with Gasteiger partial charge in [-0.05, 0) is 61.2 Å². The lowest BCUT2D eigenvalue weighted by atomic mass is 9.98. The van der Waals surface area contributed by atoms with Crippen molar-refractivity contribution in [3.8, 4) is 11.1 Å². The van der Waals surface area contributed by atoms with E-state index in [1.807, 2.05) is 40.5 Å². The third kappa shape index (κ3) is 3.25. The van der Waals surface area contributed by atoms with Crippen LogP contribution in [0.15, 0.2) is 47.5 Å². The maximum Gasteiger partial charge on any atom is 0.219 e. The standard InChI is InChI=1S/C23H26FN3O3S/c1-14-20-11-16(21-13-25-22-12-17(24)4-5-19(21)22)3-6-23(20)31(29,30)27(14)18-7-9-26(10-8-18)15(2)28/h3-6,11-14,18,25,29-30H,7-10H2,1-2H3. The molecule has 3 heterocycles. The van der Waals surface area contributed by atoms with Crippen molar-refractivity contribution in [3.63, 3.8) is 0 Å². The lowest BCUT2D eigenvalue weighted by molar-refractivity contribution is -0.130. The molecular formula is C23H26FN3O3S. The minimum atomic E-state index is -3.09. The number of benzene rings is 2. The van der Waals surface area contributed by atoms with Gasteiger partial charge in [0.2, 0.25) is 5.91 Å². The predicted molar refractivity (Wildman–Crippen MR) is 120 cm³/mol. The number of carbonyl (C=O) groups is 1. The first-order valence-corrected chi connectivity index (χ1v) is 12.0. The van der Waals surface area contributed by atoms with Crippen molar-refractivity contribution in [1.82, 2.24) is 14.2 Å². The van der Waals surface area contributed by atoms with E-state index < -0.39 is 10.8 Å². The molecule has 0 saturated carbocycles. The number of amides is 1. The summed E-state index contributed by atoms with van der Waals surface area (Å²) in [6, 6.07) is 10.2. The summed E-state index contributed by atoms with van der Waals surface area (Å²) in [5, 5.41) is 0.923. The van der Waals surface area contributed by atoms with E-state index in [1.165, 1.54) is 12.1 Å². The number of aromatic amines is 1. The second kappa shape index (κ2) is 7.34. The van der Waals surface area contributed by atoms with Crippen molar-refractivity contribution in [2.75, 3.05) is 13.1 Å². The molecule has 2 aromatic carbocycles. The lowest BCUT2D eigenvalue weighted by Gasteiger charge is -2.46. The topological polar surface area (TPSA) is 79.8 Å². The highest BCUT2D eigenvalue weighted by Crippen LogP contribution is 2.65. The summed E-state index contributed by atoms with van der Waals surface area (Å²) in [5.74, 6) is -0.227. The molecule has 0 aliphatic carbocycles. The normalized spacial score (nSPS) is 22.6. The molecule has 2 aliphatic rings. The van der Waals surface area contributed by atoms with Gasteiger partial charge in [0, 0.05) is 48.7 Å². The van der Waals surface area contributed by atoms with Crippen LogP contribution in [0, 0.1) is 5.82 Å². The third-order valence-corrected chi connectivity index (χ3v) is 8.82. The first-order valence-electron chi connectivity index (χ1n) is 10.5. The van der Waals surface area contributed by atoms with E-state index in [4.69, 9.17) is 0 Å². The van der Waals surface area contributed by atoms with Crippen LogP contribution in [0.1, 0.15) is 38.3 Å².